The van der Waals surface area contributed by atoms with Crippen LogP contribution in [0, 0.1) is 0 Å². The molecule has 1 aromatic carbocycles. The normalized spacial score (nSPS) is 20.7. The van der Waals surface area contributed by atoms with Gasteiger partial charge in [-0.15, -0.1) is 28.7 Å². The minimum atomic E-state index is 0. The van der Waals surface area contributed by atoms with Gasteiger partial charge in [-0.1, -0.05) is 23.7 Å². The summed E-state index contributed by atoms with van der Waals surface area (Å²) >= 11 is 8.00. The molecular weight excluding hydrogens is 294 g/mol. The summed E-state index contributed by atoms with van der Waals surface area (Å²) in [6.07, 6.45) is 2.57. The summed E-state index contributed by atoms with van der Waals surface area (Å²) in [5, 5.41) is 4.97. The first-order chi connectivity index (χ1) is 6.86. The Hall–Kier alpha value is 0.300. The van der Waals surface area contributed by atoms with Gasteiger partial charge in [-0.05, 0) is 31.5 Å². The average molecular weight is 309 g/mol. The summed E-state index contributed by atoms with van der Waals surface area (Å²) in [7, 11) is 0. The van der Waals surface area contributed by atoms with Crippen LogP contribution in [-0.2, 0) is 0 Å². The number of benzene rings is 1. The molecule has 1 N–H and O–H groups in total. The molecule has 1 aromatic rings. The SMILES string of the molecule is Br.Clc1ccccc1SC1CCCNC1. The molecule has 0 bridgehead atoms. The van der Waals surface area contributed by atoms with Gasteiger partial charge in [0.2, 0.25) is 0 Å². The van der Waals surface area contributed by atoms with Gasteiger partial charge in [0, 0.05) is 16.7 Å². The molecule has 1 unspecified atom stereocenters. The second-order valence-electron chi connectivity index (χ2n) is 3.52. The van der Waals surface area contributed by atoms with Crippen LogP contribution >= 0.6 is 40.3 Å². The first-order valence-electron chi connectivity index (χ1n) is 4.98. The summed E-state index contributed by atoms with van der Waals surface area (Å²) in [6, 6.07) is 8.08. The van der Waals surface area contributed by atoms with Gasteiger partial charge in [-0.3, -0.25) is 0 Å². The van der Waals surface area contributed by atoms with E-state index in [1.807, 2.05) is 30.0 Å². The molecule has 2 rings (SSSR count). The van der Waals surface area contributed by atoms with E-state index in [2.05, 4.69) is 11.4 Å². The first kappa shape index (κ1) is 13.4. The van der Waals surface area contributed by atoms with Gasteiger partial charge < -0.3 is 5.32 Å². The van der Waals surface area contributed by atoms with Crippen LogP contribution in [0.2, 0.25) is 5.02 Å². The van der Waals surface area contributed by atoms with Gasteiger partial charge in [-0.25, -0.2) is 0 Å². The van der Waals surface area contributed by atoms with Crippen molar-refractivity contribution in [1.82, 2.24) is 5.32 Å². The summed E-state index contributed by atoms with van der Waals surface area (Å²) < 4.78 is 0. The molecule has 0 spiro atoms. The van der Waals surface area contributed by atoms with E-state index in [1.54, 1.807) is 0 Å². The van der Waals surface area contributed by atoms with Crippen LogP contribution in [-0.4, -0.2) is 18.3 Å². The molecule has 1 aliphatic rings. The molecule has 0 radical (unpaired) electrons. The Morgan fingerprint density at radius 1 is 1.33 bits per heavy atom. The highest BCUT2D eigenvalue weighted by Gasteiger charge is 2.14. The topological polar surface area (TPSA) is 12.0 Å². The zero-order chi connectivity index (χ0) is 9.80. The fourth-order valence-corrected chi connectivity index (χ4v) is 3.09. The minimum absolute atomic E-state index is 0. The maximum absolute atomic E-state index is 6.10. The van der Waals surface area contributed by atoms with E-state index in [-0.39, 0.29) is 17.0 Å². The standard InChI is InChI=1S/C11H14ClNS.BrH/c12-10-5-1-2-6-11(10)14-9-4-3-7-13-8-9;/h1-2,5-6,9,13H,3-4,7-8H2;1H. The smallest absolute Gasteiger partial charge is 0.0541 e. The van der Waals surface area contributed by atoms with Gasteiger partial charge in [0.05, 0.1) is 5.02 Å². The highest BCUT2D eigenvalue weighted by Crippen LogP contribution is 2.32. The van der Waals surface area contributed by atoms with Gasteiger partial charge in [0.1, 0.15) is 0 Å². The number of halogens is 2. The van der Waals surface area contributed by atoms with E-state index in [1.165, 1.54) is 24.3 Å². The van der Waals surface area contributed by atoms with Gasteiger partial charge in [0.15, 0.2) is 0 Å². The third-order valence-electron chi connectivity index (χ3n) is 2.38. The van der Waals surface area contributed by atoms with Gasteiger partial charge in [0.25, 0.3) is 0 Å². The monoisotopic (exact) mass is 307 g/mol. The fraction of sp³-hybridized carbons (Fsp3) is 0.455. The number of hydrogen-bond acceptors (Lipinski definition) is 2. The van der Waals surface area contributed by atoms with Crippen LogP contribution in [0.3, 0.4) is 0 Å². The van der Waals surface area contributed by atoms with Crippen molar-refractivity contribution in [2.45, 2.75) is 23.0 Å². The van der Waals surface area contributed by atoms with Crippen LogP contribution < -0.4 is 5.32 Å². The maximum atomic E-state index is 6.10. The molecule has 4 heteroatoms. The molecule has 1 atom stereocenters. The van der Waals surface area contributed by atoms with Crippen LogP contribution in [0.1, 0.15) is 12.8 Å². The van der Waals surface area contributed by atoms with E-state index in [9.17, 15) is 0 Å². The molecule has 1 saturated heterocycles. The average Bonchev–Trinajstić information content (AvgIpc) is 2.23. The highest BCUT2D eigenvalue weighted by molar-refractivity contribution is 8.93. The van der Waals surface area contributed by atoms with Crippen molar-refractivity contribution < 1.29 is 0 Å². The predicted molar refractivity (Wildman–Crippen MR) is 73.5 cm³/mol. The van der Waals surface area contributed by atoms with Gasteiger partial charge in [-0.2, -0.15) is 0 Å². The van der Waals surface area contributed by atoms with Crippen LogP contribution in [0.5, 0.6) is 0 Å². The van der Waals surface area contributed by atoms with E-state index >= 15 is 0 Å². The Morgan fingerprint density at radius 3 is 2.80 bits per heavy atom. The minimum Gasteiger partial charge on any atom is -0.316 e. The summed E-state index contributed by atoms with van der Waals surface area (Å²) in [5.41, 5.74) is 0. The third-order valence-corrected chi connectivity index (χ3v) is 4.17. The molecule has 0 aliphatic carbocycles. The summed E-state index contributed by atoms with van der Waals surface area (Å²) in [6.45, 7) is 2.27. The second-order valence-corrected chi connectivity index (χ2v) is 5.27. The Kier molecular flexibility index (Phi) is 6.05. The zero-order valence-electron chi connectivity index (χ0n) is 8.41. The third kappa shape index (κ3) is 3.99. The number of hydrogen-bond donors (Lipinski definition) is 1. The lowest BCUT2D eigenvalue weighted by Gasteiger charge is -2.22. The number of nitrogens with one attached hydrogen (secondary N) is 1. The lowest BCUT2D eigenvalue weighted by atomic mass is 10.2. The lowest BCUT2D eigenvalue weighted by molar-refractivity contribution is 0.531. The molecule has 84 valence electrons. The Labute approximate surface area is 111 Å². The van der Waals surface area contributed by atoms with Crippen molar-refractivity contribution in [2.75, 3.05) is 13.1 Å². The number of thioether (sulfide) groups is 1. The van der Waals surface area contributed by atoms with Crippen molar-refractivity contribution in [1.29, 1.82) is 0 Å². The summed E-state index contributed by atoms with van der Waals surface area (Å²) in [4.78, 5) is 1.21. The Morgan fingerprint density at radius 2 is 2.13 bits per heavy atom. The van der Waals surface area contributed by atoms with Crippen LogP contribution in [0.25, 0.3) is 0 Å². The molecule has 1 nitrogen and oxygen atoms in total. The second kappa shape index (κ2) is 6.79. The van der Waals surface area contributed by atoms with Crippen LogP contribution in [0.15, 0.2) is 29.2 Å². The van der Waals surface area contributed by atoms with Crippen molar-refractivity contribution in [2.24, 2.45) is 0 Å². The molecule has 0 aromatic heterocycles. The molecule has 1 heterocycles. The maximum Gasteiger partial charge on any atom is 0.0541 e. The molecule has 1 aliphatic heterocycles. The lowest BCUT2D eigenvalue weighted by Crippen LogP contribution is -2.31. The molecule has 15 heavy (non-hydrogen) atoms. The van der Waals surface area contributed by atoms with Crippen molar-refractivity contribution in [3.8, 4) is 0 Å². The van der Waals surface area contributed by atoms with Crippen molar-refractivity contribution in [3.63, 3.8) is 0 Å². The predicted octanol–water partition coefficient (Wildman–Crippen LogP) is 3.76. The highest BCUT2D eigenvalue weighted by atomic mass is 79.9. The zero-order valence-corrected chi connectivity index (χ0v) is 11.7. The van der Waals surface area contributed by atoms with E-state index in [0.717, 1.165) is 11.6 Å². The van der Waals surface area contributed by atoms with Crippen molar-refractivity contribution >= 4 is 40.3 Å². The first-order valence-corrected chi connectivity index (χ1v) is 6.24. The summed E-state index contributed by atoms with van der Waals surface area (Å²) in [5.74, 6) is 0. The van der Waals surface area contributed by atoms with E-state index in [4.69, 9.17) is 11.6 Å². The number of piperidine rings is 1. The van der Waals surface area contributed by atoms with E-state index < -0.39 is 0 Å². The molecule has 0 amide bonds. The quantitative estimate of drug-likeness (QED) is 0.893. The van der Waals surface area contributed by atoms with Crippen LogP contribution in [0.4, 0.5) is 0 Å². The largest absolute Gasteiger partial charge is 0.316 e. The molecular formula is C11H15BrClNS. The Bertz CT molecular complexity index is 302. The van der Waals surface area contributed by atoms with Gasteiger partial charge >= 0.3 is 0 Å². The Balaban J connectivity index is 0.00000112. The van der Waals surface area contributed by atoms with E-state index in [0.29, 0.717) is 5.25 Å². The number of rotatable bonds is 2. The fourth-order valence-electron chi connectivity index (χ4n) is 1.64. The molecule has 1 fully saturated rings. The molecule has 0 saturated carbocycles. The van der Waals surface area contributed by atoms with Crippen molar-refractivity contribution in [3.05, 3.63) is 29.3 Å².